The maximum Gasteiger partial charge on any atom is 0.193 e. The summed E-state index contributed by atoms with van der Waals surface area (Å²) in [6, 6.07) is 0. The van der Waals surface area contributed by atoms with Gasteiger partial charge >= 0.3 is 0 Å². The first-order chi connectivity index (χ1) is 10.1. The van der Waals surface area contributed by atoms with Crippen LogP contribution in [-0.4, -0.2) is 35.1 Å². The van der Waals surface area contributed by atoms with E-state index in [2.05, 4.69) is 67.7 Å². The molecule has 0 bridgehead atoms. The summed E-state index contributed by atoms with van der Waals surface area (Å²) in [5, 5.41) is 0.267. The fourth-order valence-electron chi connectivity index (χ4n) is 2.13. The predicted octanol–water partition coefficient (Wildman–Crippen LogP) is 5.30. The molecule has 1 rings (SSSR count). The minimum absolute atomic E-state index is 0.0229. The summed E-state index contributed by atoms with van der Waals surface area (Å²) < 4.78 is 13.2. The van der Waals surface area contributed by atoms with Crippen molar-refractivity contribution in [3.05, 3.63) is 11.6 Å². The highest BCUT2D eigenvalue weighted by Crippen LogP contribution is 2.43. The second-order valence-electron chi connectivity index (χ2n) is 9.77. The fraction of sp³-hybridized carbons (Fsp3) is 0.833. The lowest BCUT2D eigenvalue weighted by atomic mass is 10.2. The molecule has 2 unspecified atom stereocenters. The average Bonchev–Trinajstić information content (AvgIpc) is 2.67. The monoisotopic (exact) mass is 356 g/mol. The summed E-state index contributed by atoms with van der Waals surface area (Å²) in [4.78, 5) is 11.5. The van der Waals surface area contributed by atoms with Crippen molar-refractivity contribution < 1.29 is 13.6 Å². The predicted molar refractivity (Wildman–Crippen MR) is 103 cm³/mol. The van der Waals surface area contributed by atoms with Crippen molar-refractivity contribution >= 4 is 22.9 Å². The molecule has 1 aliphatic carbocycles. The summed E-state index contributed by atoms with van der Waals surface area (Å²) >= 11 is 0. The molecule has 0 fully saturated rings. The molecule has 134 valence electrons. The van der Waals surface area contributed by atoms with Crippen LogP contribution in [0.5, 0.6) is 0 Å². The van der Waals surface area contributed by atoms with E-state index in [4.69, 9.17) is 8.85 Å². The molecule has 5 heteroatoms. The Balaban J connectivity index is 3.00. The highest BCUT2D eigenvalue weighted by atomic mass is 28.4. The number of carbonyl (C=O) groups is 1. The van der Waals surface area contributed by atoms with Crippen LogP contribution in [0.1, 0.15) is 48.0 Å². The van der Waals surface area contributed by atoms with E-state index < -0.39 is 16.6 Å². The Kier molecular flexibility index (Phi) is 5.95. The molecular formula is C18H36O3Si2. The number of aldehydes is 1. The van der Waals surface area contributed by atoms with E-state index in [1.54, 1.807) is 0 Å². The third-order valence-corrected chi connectivity index (χ3v) is 14.8. The molecule has 0 aromatic rings. The van der Waals surface area contributed by atoms with Crippen LogP contribution in [0.15, 0.2) is 11.6 Å². The Morgan fingerprint density at radius 1 is 0.957 bits per heavy atom. The van der Waals surface area contributed by atoms with Crippen molar-refractivity contribution in [2.24, 2.45) is 0 Å². The van der Waals surface area contributed by atoms with Gasteiger partial charge < -0.3 is 8.85 Å². The second kappa shape index (κ2) is 6.58. The standard InChI is InChI=1S/C18H36O3Si2/c1-17(2,3)22(7,8)20-15-12-11-14(13-19)16(15)21-23(9,10)18(4,5)6/h11,13,15-16H,12H2,1-10H3. The van der Waals surface area contributed by atoms with E-state index in [9.17, 15) is 4.79 Å². The molecule has 0 aromatic carbocycles. The van der Waals surface area contributed by atoms with Gasteiger partial charge in [-0.25, -0.2) is 0 Å². The number of carbonyl (C=O) groups excluding carboxylic acids is 1. The zero-order valence-corrected chi connectivity index (χ0v) is 18.7. The van der Waals surface area contributed by atoms with Crippen LogP contribution in [0.4, 0.5) is 0 Å². The first-order valence-electron chi connectivity index (χ1n) is 8.63. The van der Waals surface area contributed by atoms with Gasteiger partial charge in [0.15, 0.2) is 16.6 Å². The van der Waals surface area contributed by atoms with Crippen molar-refractivity contribution in [3.63, 3.8) is 0 Å². The lowest BCUT2D eigenvalue weighted by Gasteiger charge is -2.43. The van der Waals surface area contributed by atoms with Crippen LogP contribution >= 0.6 is 0 Å². The Bertz CT molecular complexity index is 468. The summed E-state index contributed by atoms with van der Waals surface area (Å²) in [6.07, 6.45) is 3.50. The van der Waals surface area contributed by atoms with E-state index >= 15 is 0 Å². The quantitative estimate of drug-likeness (QED) is 0.495. The molecule has 3 nitrogen and oxygen atoms in total. The highest BCUT2D eigenvalue weighted by Gasteiger charge is 2.46. The van der Waals surface area contributed by atoms with Gasteiger partial charge in [0.05, 0.1) is 12.2 Å². The summed E-state index contributed by atoms with van der Waals surface area (Å²) in [5.41, 5.74) is 0.763. The number of hydrogen-bond donors (Lipinski definition) is 0. The van der Waals surface area contributed by atoms with Crippen LogP contribution in [-0.2, 0) is 13.6 Å². The largest absolute Gasteiger partial charge is 0.411 e. The molecule has 0 aromatic heterocycles. The molecular weight excluding hydrogens is 320 g/mol. The second-order valence-corrected chi connectivity index (χ2v) is 19.3. The molecule has 0 radical (unpaired) electrons. The topological polar surface area (TPSA) is 35.5 Å². The Morgan fingerprint density at radius 3 is 1.78 bits per heavy atom. The van der Waals surface area contributed by atoms with Crippen molar-refractivity contribution in [1.29, 1.82) is 0 Å². The van der Waals surface area contributed by atoms with Crippen molar-refractivity contribution in [1.82, 2.24) is 0 Å². The fourth-order valence-corrected chi connectivity index (χ4v) is 4.73. The van der Waals surface area contributed by atoms with Gasteiger partial charge in [0.25, 0.3) is 0 Å². The molecule has 0 aliphatic heterocycles. The molecule has 23 heavy (non-hydrogen) atoms. The first kappa shape index (κ1) is 20.8. The van der Waals surface area contributed by atoms with Crippen LogP contribution < -0.4 is 0 Å². The number of hydrogen-bond acceptors (Lipinski definition) is 3. The smallest absolute Gasteiger partial charge is 0.193 e. The van der Waals surface area contributed by atoms with Crippen LogP contribution in [0, 0.1) is 0 Å². The zero-order valence-electron chi connectivity index (χ0n) is 16.7. The SMILES string of the molecule is CC(C)(C)[Si](C)(C)OC1CC=C(C=O)C1O[Si](C)(C)C(C)(C)C. The highest BCUT2D eigenvalue weighted by molar-refractivity contribution is 6.74. The Labute approximate surface area is 145 Å². The third kappa shape index (κ3) is 4.65. The molecule has 0 saturated carbocycles. The van der Waals surface area contributed by atoms with E-state index in [0.717, 1.165) is 18.3 Å². The zero-order chi connectivity index (χ0) is 18.3. The van der Waals surface area contributed by atoms with E-state index in [1.807, 2.05) is 6.08 Å². The van der Waals surface area contributed by atoms with Gasteiger partial charge in [0, 0.05) is 5.57 Å². The normalized spacial score (nSPS) is 23.8. The van der Waals surface area contributed by atoms with E-state index in [-0.39, 0.29) is 22.3 Å². The molecule has 0 heterocycles. The van der Waals surface area contributed by atoms with Crippen molar-refractivity contribution in [3.8, 4) is 0 Å². The molecule has 0 N–H and O–H groups in total. The maximum absolute atomic E-state index is 11.5. The lowest BCUT2D eigenvalue weighted by molar-refractivity contribution is -0.106. The minimum atomic E-state index is -1.96. The van der Waals surface area contributed by atoms with Gasteiger partial charge in [0.2, 0.25) is 0 Å². The maximum atomic E-state index is 11.5. The van der Waals surface area contributed by atoms with Gasteiger partial charge in [-0.1, -0.05) is 47.6 Å². The van der Waals surface area contributed by atoms with E-state index in [1.165, 1.54) is 0 Å². The van der Waals surface area contributed by atoms with Gasteiger partial charge in [-0.15, -0.1) is 0 Å². The summed E-state index contributed by atoms with van der Waals surface area (Å²) in [7, 11) is -3.84. The molecule has 0 spiro atoms. The number of rotatable bonds is 5. The van der Waals surface area contributed by atoms with Crippen LogP contribution in [0.3, 0.4) is 0 Å². The Morgan fingerprint density at radius 2 is 1.39 bits per heavy atom. The summed E-state index contributed by atoms with van der Waals surface area (Å²) in [5.74, 6) is 0. The van der Waals surface area contributed by atoms with Gasteiger partial charge in [-0.05, 0) is 42.7 Å². The molecule has 2 atom stereocenters. The molecule has 0 saturated heterocycles. The van der Waals surface area contributed by atoms with Crippen molar-refractivity contribution in [2.45, 2.75) is 96.4 Å². The van der Waals surface area contributed by atoms with Gasteiger partial charge in [-0.2, -0.15) is 0 Å². The lowest BCUT2D eigenvalue weighted by Crippen LogP contribution is -2.51. The minimum Gasteiger partial charge on any atom is -0.411 e. The summed E-state index contributed by atoms with van der Waals surface area (Å²) in [6.45, 7) is 22.4. The third-order valence-electron chi connectivity index (χ3n) is 5.87. The van der Waals surface area contributed by atoms with Crippen LogP contribution in [0.2, 0.25) is 36.3 Å². The average molecular weight is 357 g/mol. The van der Waals surface area contributed by atoms with Gasteiger partial charge in [0.1, 0.15) is 6.29 Å². The first-order valence-corrected chi connectivity index (χ1v) is 14.4. The molecule has 0 amide bonds. The van der Waals surface area contributed by atoms with Crippen molar-refractivity contribution in [2.75, 3.05) is 0 Å². The Hall–Kier alpha value is -0.236. The van der Waals surface area contributed by atoms with Crippen LogP contribution in [0.25, 0.3) is 0 Å². The van der Waals surface area contributed by atoms with Gasteiger partial charge in [-0.3, -0.25) is 4.79 Å². The van der Waals surface area contributed by atoms with E-state index in [0.29, 0.717) is 0 Å². The molecule has 1 aliphatic rings.